The van der Waals surface area contributed by atoms with Crippen LogP contribution in [0.1, 0.15) is 38.7 Å². The summed E-state index contributed by atoms with van der Waals surface area (Å²) >= 11 is 5.64. The quantitative estimate of drug-likeness (QED) is 0.743. The minimum absolute atomic E-state index is 0.0770. The van der Waals surface area contributed by atoms with E-state index in [1.165, 1.54) is 6.07 Å². The highest BCUT2D eigenvalue weighted by atomic mass is 35.5. The fraction of sp³-hybridized carbons (Fsp3) is 0.500. The van der Waals surface area contributed by atoms with Gasteiger partial charge in [-0.15, -0.1) is 0 Å². The molecule has 0 aliphatic rings. The fourth-order valence-electron chi connectivity index (χ4n) is 2.12. The summed E-state index contributed by atoms with van der Waals surface area (Å²) in [4.78, 5) is 24.4. The fourth-order valence-corrected chi connectivity index (χ4v) is 2.30. The van der Waals surface area contributed by atoms with Crippen LogP contribution in [0.3, 0.4) is 0 Å². The van der Waals surface area contributed by atoms with E-state index in [9.17, 15) is 22.8 Å². The van der Waals surface area contributed by atoms with Crippen LogP contribution in [-0.2, 0) is 15.8 Å². The van der Waals surface area contributed by atoms with Crippen molar-refractivity contribution < 1.29 is 22.8 Å². The van der Waals surface area contributed by atoms with Crippen LogP contribution < -0.4 is 10.2 Å². The van der Waals surface area contributed by atoms with Gasteiger partial charge in [-0.25, -0.2) is 0 Å². The third-order valence-corrected chi connectivity index (χ3v) is 3.58. The minimum atomic E-state index is -4.66. The molecule has 1 aromatic rings. The molecule has 0 bridgehead atoms. The van der Waals surface area contributed by atoms with Gasteiger partial charge in [-0.05, 0) is 24.6 Å². The van der Waals surface area contributed by atoms with E-state index < -0.39 is 17.6 Å². The molecule has 0 atom stereocenters. The van der Waals surface area contributed by atoms with Crippen LogP contribution >= 0.6 is 11.6 Å². The van der Waals surface area contributed by atoms with Crippen LogP contribution in [0, 0.1) is 0 Å². The van der Waals surface area contributed by atoms with Crippen molar-refractivity contribution in [3.63, 3.8) is 0 Å². The highest BCUT2D eigenvalue weighted by Gasteiger charge is 2.36. The monoisotopic (exact) mass is 364 g/mol. The Bertz CT molecular complexity index is 591. The van der Waals surface area contributed by atoms with Crippen LogP contribution in [0.25, 0.3) is 0 Å². The van der Waals surface area contributed by atoms with Crippen LogP contribution in [0.15, 0.2) is 18.2 Å². The predicted octanol–water partition coefficient (Wildman–Crippen LogP) is 4.02. The molecule has 4 nitrogen and oxygen atoms in total. The molecular weight excluding hydrogens is 345 g/mol. The Hall–Kier alpha value is -1.76. The molecule has 1 rings (SSSR count). The lowest BCUT2D eigenvalue weighted by Gasteiger charge is -2.25. The number of benzene rings is 1. The molecule has 0 spiro atoms. The van der Waals surface area contributed by atoms with Gasteiger partial charge >= 0.3 is 6.18 Å². The van der Waals surface area contributed by atoms with E-state index in [-0.39, 0.29) is 29.6 Å². The van der Waals surface area contributed by atoms with Crippen molar-refractivity contribution in [3.05, 3.63) is 28.8 Å². The third kappa shape index (κ3) is 6.03. The number of unbranched alkanes of at least 4 members (excludes halogenated alkanes) is 1. The number of halogens is 4. The molecule has 0 aliphatic heterocycles. The summed E-state index contributed by atoms with van der Waals surface area (Å²) in [6, 6.07) is 3.19. The van der Waals surface area contributed by atoms with Gasteiger partial charge < -0.3 is 10.2 Å². The number of amides is 2. The number of nitrogens with one attached hydrogen (secondary N) is 1. The Morgan fingerprint density at radius 3 is 2.50 bits per heavy atom. The smallest absolute Gasteiger partial charge is 0.356 e. The number of carbonyl (C=O) groups excluding carboxylic acids is 2. The molecule has 0 saturated heterocycles. The lowest BCUT2D eigenvalue weighted by molar-refractivity contribution is -0.137. The van der Waals surface area contributed by atoms with Gasteiger partial charge in [0.2, 0.25) is 11.8 Å². The van der Waals surface area contributed by atoms with Crippen molar-refractivity contribution in [3.8, 4) is 0 Å². The maximum atomic E-state index is 13.2. The Morgan fingerprint density at radius 2 is 1.96 bits per heavy atom. The van der Waals surface area contributed by atoms with E-state index in [1.54, 1.807) is 0 Å². The zero-order valence-corrected chi connectivity index (χ0v) is 14.3. The molecule has 0 radical (unpaired) electrons. The molecule has 8 heteroatoms. The predicted molar refractivity (Wildman–Crippen MR) is 87.0 cm³/mol. The molecule has 0 aliphatic carbocycles. The Labute approximate surface area is 144 Å². The van der Waals surface area contributed by atoms with Gasteiger partial charge in [-0.1, -0.05) is 24.9 Å². The van der Waals surface area contributed by atoms with Crippen LogP contribution in [0.5, 0.6) is 0 Å². The first kappa shape index (κ1) is 20.3. The zero-order valence-electron chi connectivity index (χ0n) is 13.5. The third-order valence-electron chi connectivity index (χ3n) is 3.35. The van der Waals surface area contributed by atoms with Crippen LogP contribution in [0.2, 0.25) is 5.02 Å². The number of hydrogen-bond acceptors (Lipinski definition) is 2. The van der Waals surface area contributed by atoms with Crippen molar-refractivity contribution in [1.29, 1.82) is 0 Å². The van der Waals surface area contributed by atoms with Gasteiger partial charge in [0.15, 0.2) is 0 Å². The van der Waals surface area contributed by atoms with Gasteiger partial charge in [0.05, 0.1) is 11.3 Å². The number of alkyl halides is 3. The van der Waals surface area contributed by atoms with E-state index in [0.717, 1.165) is 36.8 Å². The number of rotatable bonds is 7. The maximum absolute atomic E-state index is 13.2. The first-order valence-electron chi connectivity index (χ1n) is 7.58. The summed E-state index contributed by atoms with van der Waals surface area (Å²) in [7, 11) is 0. The number of carbonyl (C=O) groups is 2. The van der Waals surface area contributed by atoms with Crippen molar-refractivity contribution >= 4 is 29.1 Å². The highest BCUT2D eigenvalue weighted by molar-refractivity contribution is 6.30. The van der Waals surface area contributed by atoms with Crippen LogP contribution in [0.4, 0.5) is 18.9 Å². The van der Waals surface area contributed by atoms with Crippen molar-refractivity contribution in [2.24, 2.45) is 0 Å². The highest BCUT2D eigenvalue weighted by Crippen LogP contribution is 2.38. The molecule has 1 aromatic carbocycles. The van der Waals surface area contributed by atoms with E-state index in [0.29, 0.717) is 6.54 Å². The van der Waals surface area contributed by atoms with Gasteiger partial charge in [0.25, 0.3) is 0 Å². The van der Waals surface area contributed by atoms with Crippen LogP contribution in [-0.4, -0.2) is 24.9 Å². The topological polar surface area (TPSA) is 49.4 Å². The summed E-state index contributed by atoms with van der Waals surface area (Å²) in [5.74, 6) is -0.888. The van der Waals surface area contributed by atoms with Gasteiger partial charge in [0.1, 0.15) is 0 Å². The summed E-state index contributed by atoms with van der Waals surface area (Å²) in [6.07, 6.45) is -3.00. The van der Waals surface area contributed by atoms with Crippen molar-refractivity contribution in [2.45, 2.75) is 39.3 Å². The summed E-state index contributed by atoms with van der Waals surface area (Å²) in [6.45, 7) is 3.49. The largest absolute Gasteiger partial charge is 0.418 e. The molecule has 0 heterocycles. The minimum Gasteiger partial charge on any atom is -0.356 e. The zero-order chi connectivity index (χ0) is 18.3. The molecule has 0 aromatic heterocycles. The maximum Gasteiger partial charge on any atom is 0.418 e. The van der Waals surface area contributed by atoms with Crippen molar-refractivity contribution in [2.75, 3.05) is 18.0 Å². The Morgan fingerprint density at radius 1 is 1.29 bits per heavy atom. The molecule has 0 fully saturated rings. The van der Waals surface area contributed by atoms with E-state index in [1.807, 2.05) is 6.92 Å². The van der Waals surface area contributed by atoms with Gasteiger partial charge in [-0.3, -0.25) is 9.59 Å². The second-order valence-corrected chi connectivity index (χ2v) is 5.72. The average Bonchev–Trinajstić information content (AvgIpc) is 2.47. The lowest BCUT2D eigenvalue weighted by Crippen LogP contribution is -2.35. The van der Waals surface area contributed by atoms with Gasteiger partial charge in [-0.2, -0.15) is 13.2 Å². The van der Waals surface area contributed by atoms with E-state index in [4.69, 9.17) is 11.6 Å². The molecule has 0 unspecified atom stereocenters. The van der Waals surface area contributed by atoms with Crippen molar-refractivity contribution in [1.82, 2.24) is 5.32 Å². The molecular formula is C16H20ClF3N2O2. The second kappa shape index (κ2) is 8.92. The Balaban J connectivity index is 2.94. The van der Waals surface area contributed by atoms with Gasteiger partial charge in [0, 0.05) is 31.5 Å². The Kier molecular flexibility index (Phi) is 7.54. The normalized spacial score (nSPS) is 11.2. The SMILES string of the molecule is CCCCNC(=O)CCN(C(C)=O)c1ccc(Cl)cc1C(F)(F)F. The first-order valence-corrected chi connectivity index (χ1v) is 7.96. The summed E-state index contributed by atoms with van der Waals surface area (Å²) in [5.41, 5.74) is -1.31. The summed E-state index contributed by atoms with van der Waals surface area (Å²) in [5, 5.41) is 2.59. The second-order valence-electron chi connectivity index (χ2n) is 5.28. The molecule has 24 heavy (non-hydrogen) atoms. The molecule has 134 valence electrons. The standard InChI is InChI=1S/C16H20ClF3N2O2/c1-3-4-8-21-15(24)7-9-22(11(2)23)14-6-5-12(17)10-13(14)16(18,19)20/h5-6,10H,3-4,7-9H2,1-2H3,(H,21,24). The number of nitrogens with zero attached hydrogens (tertiary/aromatic N) is 1. The number of hydrogen-bond donors (Lipinski definition) is 1. The van der Waals surface area contributed by atoms with E-state index >= 15 is 0 Å². The number of anilines is 1. The first-order chi connectivity index (χ1) is 11.2. The lowest BCUT2D eigenvalue weighted by atomic mass is 10.1. The molecule has 1 N–H and O–H groups in total. The summed E-state index contributed by atoms with van der Waals surface area (Å²) < 4.78 is 39.5. The molecule has 0 saturated carbocycles. The van der Waals surface area contributed by atoms with E-state index in [2.05, 4.69) is 5.32 Å². The molecule has 2 amide bonds. The average molecular weight is 365 g/mol.